The number of benzene rings is 4. The minimum Gasteiger partial charge on any atom is -0.496 e. The van der Waals surface area contributed by atoms with Gasteiger partial charge in [0.05, 0.1) is 20.2 Å². The van der Waals surface area contributed by atoms with Gasteiger partial charge in [0, 0.05) is 30.8 Å². The lowest BCUT2D eigenvalue weighted by atomic mass is 9.94. The van der Waals surface area contributed by atoms with Crippen molar-refractivity contribution in [3.63, 3.8) is 0 Å². The summed E-state index contributed by atoms with van der Waals surface area (Å²) in [4.78, 5) is 8.98. The van der Waals surface area contributed by atoms with Crippen molar-refractivity contribution >= 4 is 33.2 Å². The van der Waals surface area contributed by atoms with Gasteiger partial charge in [-0.1, -0.05) is 79.7 Å². The molecule has 2 heterocycles. The Labute approximate surface area is 206 Å². The zero-order valence-electron chi connectivity index (χ0n) is 20.4. The third kappa shape index (κ3) is 4.99. The van der Waals surface area contributed by atoms with Gasteiger partial charge in [-0.25, -0.2) is 0 Å². The molecule has 0 aliphatic carbocycles. The van der Waals surface area contributed by atoms with Crippen LogP contribution in [-0.2, 0) is 6.42 Å². The molecule has 2 aliphatic heterocycles. The second-order valence-electron chi connectivity index (χ2n) is 8.89. The maximum Gasteiger partial charge on any atom is 0.126 e. The molecule has 4 aromatic rings. The van der Waals surface area contributed by atoms with Crippen LogP contribution in [0.5, 0.6) is 5.75 Å². The Kier molecular flexibility index (Phi) is 6.94. The fourth-order valence-corrected chi connectivity index (χ4v) is 4.89. The lowest BCUT2D eigenvalue weighted by Crippen LogP contribution is -2.24. The number of hydrogen-bond acceptors (Lipinski definition) is 5. The summed E-state index contributed by atoms with van der Waals surface area (Å²) < 4.78 is 5.41. The van der Waals surface area contributed by atoms with E-state index in [1.165, 1.54) is 27.3 Å². The number of methoxy groups -OCH3 is 1. The van der Waals surface area contributed by atoms with Crippen molar-refractivity contribution in [3.05, 3.63) is 90.0 Å². The van der Waals surface area contributed by atoms with Gasteiger partial charge < -0.3 is 15.4 Å². The molecule has 2 N–H and O–H groups in total. The molecule has 2 aliphatic rings. The molecule has 5 heteroatoms. The van der Waals surface area contributed by atoms with E-state index in [0.717, 1.165) is 55.4 Å². The second-order valence-corrected chi connectivity index (χ2v) is 8.89. The molecule has 178 valence electrons. The van der Waals surface area contributed by atoms with Crippen molar-refractivity contribution in [2.24, 2.45) is 9.98 Å². The van der Waals surface area contributed by atoms with Crippen LogP contribution in [0.1, 0.15) is 24.0 Å². The molecule has 0 fully saturated rings. The highest BCUT2D eigenvalue weighted by molar-refractivity contribution is 5.96. The first-order valence-electron chi connectivity index (χ1n) is 12.3. The highest BCUT2D eigenvalue weighted by Crippen LogP contribution is 2.29. The number of rotatable bonds is 5. The first-order valence-corrected chi connectivity index (χ1v) is 12.3. The van der Waals surface area contributed by atoms with E-state index in [0.29, 0.717) is 5.92 Å². The minimum atomic E-state index is 0.351. The Bertz CT molecular complexity index is 1390. The van der Waals surface area contributed by atoms with Gasteiger partial charge in [0.15, 0.2) is 0 Å². The Morgan fingerprint density at radius 2 is 1.49 bits per heavy atom. The molecule has 1 atom stereocenters. The fraction of sp³-hybridized carbons (Fsp3) is 0.267. The third-order valence-corrected chi connectivity index (χ3v) is 6.70. The largest absolute Gasteiger partial charge is 0.496 e. The molecule has 0 saturated carbocycles. The van der Waals surface area contributed by atoms with Crippen LogP contribution < -0.4 is 15.4 Å². The van der Waals surface area contributed by atoms with E-state index in [1.807, 2.05) is 12.1 Å². The van der Waals surface area contributed by atoms with E-state index in [-0.39, 0.29) is 0 Å². The summed E-state index contributed by atoms with van der Waals surface area (Å²) in [5.41, 5.74) is 2.65. The summed E-state index contributed by atoms with van der Waals surface area (Å²) in [5.74, 6) is 3.49. The standard InChI is InChI=1S/C15H16N2O.C15H16N2/c1-18-14-7-6-11(10-15-16-8-9-17-15)12-4-2-3-5-13(12)14;1-11(15-16-9-10-17-15)13-8-4-6-12-5-2-3-7-14(12)13/h2-7H,8-10H2,1H3,(H,16,17);2-8,11H,9-10H2,1H3,(H,16,17). The molecule has 6 rings (SSSR count). The Hall–Kier alpha value is -3.86. The smallest absolute Gasteiger partial charge is 0.126 e. The number of nitrogens with one attached hydrogen (secondary N) is 2. The van der Waals surface area contributed by atoms with E-state index in [4.69, 9.17) is 4.74 Å². The maximum atomic E-state index is 5.41. The maximum absolute atomic E-state index is 5.41. The van der Waals surface area contributed by atoms with Crippen LogP contribution >= 0.6 is 0 Å². The summed E-state index contributed by atoms with van der Waals surface area (Å²) in [5, 5.41) is 11.7. The van der Waals surface area contributed by atoms with Gasteiger partial charge in [0.1, 0.15) is 17.4 Å². The molecule has 0 spiro atoms. The third-order valence-electron chi connectivity index (χ3n) is 6.70. The van der Waals surface area contributed by atoms with Crippen molar-refractivity contribution in [2.75, 3.05) is 33.3 Å². The quantitative estimate of drug-likeness (QED) is 0.419. The molecular formula is C30H32N4O. The molecule has 35 heavy (non-hydrogen) atoms. The SMILES string of the molecule is CC(C1=NCCN1)c1cccc2ccccc12.COc1ccc(CC2=NCCN2)c2ccccc12. The number of fused-ring (bicyclic) bond motifs is 2. The van der Waals surface area contributed by atoms with E-state index < -0.39 is 0 Å². The Morgan fingerprint density at radius 1 is 0.771 bits per heavy atom. The molecule has 0 bridgehead atoms. The van der Waals surface area contributed by atoms with Crippen LogP contribution in [0.25, 0.3) is 21.5 Å². The minimum absolute atomic E-state index is 0.351. The molecule has 0 amide bonds. The van der Waals surface area contributed by atoms with Gasteiger partial charge in [-0.2, -0.15) is 0 Å². The topological polar surface area (TPSA) is 58.0 Å². The monoisotopic (exact) mass is 464 g/mol. The predicted molar refractivity (Wildman–Crippen MR) is 147 cm³/mol. The summed E-state index contributed by atoms with van der Waals surface area (Å²) in [7, 11) is 1.71. The summed E-state index contributed by atoms with van der Waals surface area (Å²) in [6, 6.07) is 27.5. The fourth-order valence-electron chi connectivity index (χ4n) is 4.89. The number of nitrogens with zero attached hydrogens (tertiary/aromatic N) is 2. The number of aliphatic imine (C=N–C) groups is 2. The average molecular weight is 465 g/mol. The van der Waals surface area contributed by atoms with Crippen LogP contribution in [0.2, 0.25) is 0 Å². The van der Waals surface area contributed by atoms with Crippen LogP contribution in [0.3, 0.4) is 0 Å². The normalized spacial score (nSPS) is 15.5. The number of amidine groups is 2. The summed E-state index contributed by atoms with van der Waals surface area (Å²) >= 11 is 0. The van der Waals surface area contributed by atoms with E-state index in [2.05, 4.69) is 94.3 Å². The zero-order valence-corrected chi connectivity index (χ0v) is 20.4. The van der Waals surface area contributed by atoms with Crippen molar-refractivity contribution in [1.82, 2.24) is 10.6 Å². The van der Waals surface area contributed by atoms with Gasteiger partial charge in [-0.15, -0.1) is 0 Å². The highest BCUT2D eigenvalue weighted by Gasteiger charge is 2.17. The average Bonchev–Trinajstić information content (AvgIpc) is 3.64. The number of ether oxygens (including phenoxy) is 1. The molecule has 1 unspecified atom stereocenters. The van der Waals surface area contributed by atoms with Gasteiger partial charge in [0.25, 0.3) is 0 Å². The van der Waals surface area contributed by atoms with Crippen LogP contribution in [-0.4, -0.2) is 45.0 Å². The molecule has 5 nitrogen and oxygen atoms in total. The predicted octanol–water partition coefficient (Wildman–Crippen LogP) is 5.34. The van der Waals surface area contributed by atoms with Crippen LogP contribution in [0.15, 0.2) is 88.8 Å². The zero-order chi connectivity index (χ0) is 24.0. The van der Waals surface area contributed by atoms with E-state index in [9.17, 15) is 0 Å². The molecular weight excluding hydrogens is 432 g/mol. The van der Waals surface area contributed by atoms with Crippen molar-refractivity contribution in [2.45, 2.75) is 19.3 Å². The van der Waals surface area contributed by atoms with Crippen molar-refractivity contribution in [3.8, 4) is 5.75 Å². The highest BCUT2D eigenvalue weighted by atomic mass is 16.5. The lowest BCUT2D eigenvalue weighted by molar-refractivity contribution is 0.420. The molecule has 0 aromatic heterocycles. The van der Waals surface area contributed by atoms with Crippen LogP contribution in [0, 0.1) is 0 Å². The van der Waals surface area contributed by atoms with Gasteiger partial charge in [-0.05, 0) is 33.4 Å². The lowest BCUT2D eigenvalue weighted by Gasteiger charge is -2.15. The summed E-state index contributed by atoms with van der Waals surface area (Å²) in [6.07, 6.45) is 0.866. The van der Waals surface area contributed by atoms with Gasteiger partial charge in [0.2, 0.25) is 0 Å². The Balaban J connectivity index is 0.000000145. The van der Waals surface area contributed by atoms with E-state index >= 15 is 0 Å². The van der Waals surface area contributed by atoms with Crippen molar-refractivity contribution in [1.29, 1.82) is 0 Å². The molecule has 0 saturated heterocycles. The van der Waals surface area contributed by atoms with Gasteiger partial charge in [-0.3, -0.25) is 9.98 Å². The van der Waals surface area contributed by atoms with Crippen molar-refractivity contribution < 1.29 is 4.74 Å². The van der Waals surface area contributed by atoms with Crippen LogP contribution in [0.4, 0.5) is 0 Å². The second kappa shape index (κ2) is 10.6. The molecule has 4 aromatic carbocycles. The first kappa shape index (κ1) is 22.9. The van der Waals surface area contributed by atoms with Gasteiger partial charge >= 0.3 is 0 Å². The Morgan fingerprint density at radius 3 is 2.23 bits per heavy atom. The summed E-state index contributed by atoms with van der Waals surface area (Å²) in [6.45, 7) is 5.96. The first-order chi connectivity index (χ1) is 17.2. The number of hydrogen-bond donors (Lipinski definition) is 2. The molecule has 0 radical (unpaired) electrons. The van der Waals surface area contributed by atoms with E-state index in [1.54, 1.807) is 7.11 Å².